The van der Waals surface area contributed by atoms with E-state index in [9.17, 15) is 9.59 Å². The predicted molar refractivity (Wildman–Crippen MR) is 83.4 cm³/mol. The van der Waals surface area contributed by atoms with E-state index in [1.807, 2.05) is 20.8 Å². The minimum absolute atomic E-state index is 0.237. The third-order valence-electron chi connectivity index (χ3n) is 2.50. The fourth-order valence-electron chi connectivity index (χ4n) is 1.54. The van der Waals surface area contributed by atoms with Gasteiger partial charge in [-0.05, 0) is 45.9 Å². The number of nitrogens with one attached hydrogen (secondary N) is 2. The Morgan fingerprint density at radius 3 is 2.45 bits per heavy atom. The molecule has 0 heterocycles. The van der Waals surface area contributed by atoms with Gasteiger partial charge in [0, 0.05) is 15.7 Å². The number of halogens is 1. The SMILES string of the molecule is CC(NC(=O)c1cc(Br)ccc1N)C(=O)NC(C)(C)C. The predicted octanol–water partition coefficient (Wildman–Crippen LogP) is 2.06. The minimum atomic E-state index is -0.639. The first-order valence-electron chi connectivity index (χ1n) is 6.28. The van der Waals surface area contributed by atoms with Crippen LogP contribution in [-0.4, -0.2) is 23.4 Å². The summed E-state index contributed by atoms with van der Waals surface area (Å²) in [5, 5.41) is 5.44. The molecule has 1 unspecified atom stereocenters. The molecule has 0 aliphatic rings. The highest BCUT2D eigenvalue weighted by Gasteiger charge is 2.21. The molecule has 0 bridgehead atoms. The number of amides is 2. The van der Waals surface area contributed by atoms with Crippen LogP contribution in [0.4, 0.5) is 5.69 Å². The maximum absolute atomic E-state index is 12.1. The van der Waals surface area contributed by atoms with Crippen molar-refractivity contribution in [1.29, 1.82) is 0 Å². The topological polar surface area (TPSA) is 84.2 Å². The molecule has 0 saturated heterocycles. The highest BCUT2D eigenvalue weighted by molar-refractivity contribution is 9.10. The van der Waals surface area contributed by atoms with Crippen LogP contribution in [0.5, 0.6) is 0 Å². The molecule has 2 amide bonds. The monoisotopic (exact) mass is 341 g/mol. The van der Waals surface area contributed by atoms with Crippen molar-refractivity contribution >= 4 is 33.4 Å². The van der Waals surface area contributed by atoms with Crippen LogP contribution in [0, 0.1) is 0 Å². The minimum Gasteiger partial charge on any atom is -0.398 e. The highest BCUT2D eigenvalue weighted by Crippen LogP contribution is 2.18. The number of carbonyl (C=O) groups excluding carboxylic acids is 2. The molecular weight excluding hydrogens is 322 g/mol. The van der Waals surface area contributed by atoms with Crippen LogP contribution in [0.2, 0.25) is 0 Å². The second kappa shape index (κ2) is 6.26. The summed E-state index contributed by atoms with van der Waals surface area (Å²) in [6.07, 6.45) is 0. The third kappa shape index (κ3) is 4.85. The maximum Gasteiger partial charge on any atom is 0.254 e. The lowest BCUT2D eigenvalue weighted by atomic mass is 10.1. The molecule has 5 nitrogen and oxygen atoms in total. The first-order chi connectivity index (χ1) is 9.10. The second-order valence-electron chi connectivity index (χ2n) is 5.67. The van der Waals surface area contributed by atoms with Gasteiger partial charge in [0.05, 0.1) is 5.56 Å². The van der Waals surface area contributed by atoms with Crippen molar-refractivity contribution in [3.8, 4) is 0 Å². The molecule has 1 aromatic carbocycles. The molecule has 1 rings (SSSR count). The van der Waals surface area contributed by atoms with Crippen LogP contribution in [0.1, 0.15) is 38.1 Å². The zero-order valence-electron chi connectivity index (χ0n) is 12.1. The van der Waals surface area contributed by atoms with Gasteiger partial charge in [0.25, 0.3) is 5.91 Å². The number of hydrogen-bond acceptors (Lipinski definition) is 3. The summed E-state index contributed by atoms with van der Waals surface area (Å²) in [6, 6.07) is 4.37. The Bertz CT molecular complexity index is 524. The molecule has 4 N–H and O–H groups in total. The summed E-state index contributed by atoms with van der Waals surface area (Å²) >= 11 is 3.28. The van der Waals surface area contributed by atoms with Crippen molar-refractivity contribution in [3.63, 3.8) is 0 Å². The largest absolute Gasteiger partial charge is 0.398 e. The van der Waals surface area contributed by atoms with Gasteiger partial charge in [-0.15, -0.1) is 0 Å². The van der Waals surface area contributed by atoms with Gasteiger partial charge in [-0.1, -0.05) is 15.9 Å². The smallest absolute Gasteiger partial charge is 0.254 e. The number of rotatable bonds is 3. The molecule has 0 aliphatic heterocycles. The lowest BCUT2D eigenvalue weighted by molar-refractivity contribution is -0.124. The van der Waals surface area contributed by atoms with Crippen molar-refractivity contribution < 1.29 is 9.59 Å². The zero-order chi connectivity index (χ0) is 15.5. The molecule has 0 saturated carbocycles. The van der Waals surface area contributed by atoms with Gasteiger partial charge in [0.1, 0.15) is 6.04 Å². The van der Waals surface area contributed by atoms with Gasteiger partial charge in [0.2, 0.25) is 5.91 Å². The summed E-state index contributed by atoms with van der Waals surface area (Å²) in [5.41, 5.74) is 6.13. The van der Waals surface area contributed by atoms with Crippen molar-refractivity contribution in [2.75, 3.05) is 5.73 Å². The van der Waals surface area contributed by atoms with Gasteiger partial charge >= 0.3 is 0 Å². The number of hydrogen-bond donors (Lipinski definition) is 3. The van der Waals surface area contributed by atoms with Crippen LogP contribution in [-0.2, 0) is 4.79 Å². The highest BCUT2D eigenvalue weighted by atomic mass is 79.9. The Hall–Kier alpha value is -1.56. The fourth-order valence-corrected chi connectivity index (χ4v) is 1.90. The van der Waals surface area contributed by atoms with E-state index in [1.165, 1.54) is 0 Å². The molecule has 0 fully saturated rings. The molecular formula is C14H20BrN3O2. The van der Waals surface area contributed by atoms with Crippen LogP contribution in [0.3, 0.4) is 0 Å². The molecule has 110 valence electrons. The number of anilines is 1. The van der Waals surface area contributed by atoms with Crippen LogP contribution in [0.15, 0.2) is 22.7 Å². The summed E-state index contributed by atoms with van der Waals surface area (Å²) < 4.78 is 0.753. The standard InChI is InChI=1S/C14H20BrN3O2/c1-8(12(19)18-14(2,3)4)17-13(20)10-7-9(15)5-6-11(10)16/h5-8H,16H2,1-4H3,(H,17,20)(H,18,19). The summed E-state index contributed by atoms with van der Waals surface area (Å²) in [5.74, 6) is -0.611. The van der Waals surface area contributed by atoms with E-state index in [1.54, 1.807) is 25.1 Å². The Labute approximate surface area is 127 Å². The molecule has 0 spiro atoms. The molecule has 6 heteroatoms. The van der Waals surface area contributed by atoms with Crippen LogP contribution >= 0.6 is 15.9 Å². The van der Waals surface area contributed by atoms with Crippen molar-refractivity contribution in [1.82, 2.24) is 10.6 Å². The van der Waals surface area contributed by atoms with E-state index in [4.69, 9.17) is 5.73 Å². The lowest BCUT2D eigenvalue weighted by Crippen LogP contribution is -2.50. The van der Waals surface area contributed by atoms with Gasteiger partial charge in [-0.3, -0.25) is 9.59 Å². The quantitative estimate of drug-likeness (QED) is 0.735. The molecule has 20 heavy (non-hydrogen) atoms. The van der Waals surface area contributed by atoms with Gasteiger partial charge in [-0.25, -0.2) is 0 Å². The van der Waals surface area contributed by atoms with E-state index in [0.717, 1.165) is 4.47 Å². The molecule has 0 radical (unpaired) electrons. The van der Waals surface area contributed by atoms with Crippen molar-refractivity contribution in [2.45, 2.75) is 39.3 Å². The van der Waals surface area contributed by atoms with E-state index < -0.39 is 6.04 Å². The molecule has 0 aliphatic carbocycles. The molecule has 1 aromatic rings. The van der Waals surface area contributed by atoms with E-state index in [-0.39, 0.29) is 17.4 Å². The van der Waals surface area contributed by atoms with Crippen LogP contribution < -0.4 is 16.4 Å². The average Bonchev–Trinajstić information content (AvgIpc) is 2.29. The fraction of sp³-hybridized carbons (Fsp3) is 0.429. The van der Waals surface area contributed by atoms with Gasteiger partial charge in [0.15, 0.2) is 0 Å². The summed E-state index contributed by atoms with van der Waals surface area (Å²) in [7, 11) is 0. The maximum atomic E-state index is 12.1. The first-order valence-corrected chi connectivity index (χ1v) is 7.07. The average molecular weight is 342 g/mol. The van der Waals surface area contributed by atoms with Gasteiger partial charge in [-0.2, -0.15) is 0 Å². The van der Waals surface area contributed by atoms with E-state index >= 15 is 0 Å². The van der Waals surface area contributed by atoms with Crippen LogP contribution in [0.25, 0.3) is 0 Å². The zero-order valence-corrected chi connectivity index (χ0v) is 13.7. The Balaban J connectivity index is 2.75. The number of carbonyl (C=O) groups is 2. The summed E-state index contributed by atoms with van der Waals surface area (Å²) in [4.78, 5) is 24.0. The summed E-state index contributed by atoms with van der Waals surface area (Å²) in [6.45, 7) is 7.27. The van der Waals surface area contributed by atoms with Crippen molar-refractivity contribution in [3.05, 3.63) is 28.2 Å². The van der Waals surface area contributed by atoms with E-state index in [0.29, 0.717) is 11.3 Å². The molecule has 0 aromatic heterocycles. The second-order valence-corrected chi connectivity index (χ2v) is 6.58. The Morgan fingerprint density at radius 1 is 1.30 bits per heavy atom. The van der Waals surface area contributed by atoms with Crippen molar-refractivity contribution in [2.24, 2.45) is 0 Å². The van der Waals surface area contributed by atoms with Gasteiger partial charge < -0.3 is 16.4 Å². The normalized spacial score (nSPS) is 12.7. The third-order valence-corrected chi connectivity index (χ3v) is 2.99. The number of nitrogens with two attached hydrogens (primary N) is 1. The molecule has 1 atom stereocenters. The Kier molecular flexibility index (Phi) is 5.16. The first kappa shape index (κ1) is 16.5. The van der Waals surface area contributed by atoms with E-state index in [2.05, 4.69) is 26.6 Å². The number of nitrogen functional groups attached to an aromatic ring is 1. The lowest BCUT2D eigenvalue weighted by Gasteiger charge is -2.23. The number of benzene rings is 1. The Morgan fingerprint density at radius 2 is 1.90 bits per heavy atom.